The van der Waals surface area contributed by atoms with E-state index >= 15 is 0 Å². The van der Waals surface area contributed by atoms with Gasteiger partial charge in [-0.3, -0.25) is 14.7 Å². The Morgan fingerprint density at radius 1 is 0.925 bits per heavy atom. The summed E-state index contributed by atoms with van der Waals surface area (Å²) in [5.74, 6) is -5.44. The minimum absolute atomic E-state index is 0.0583. The highest BCUT2D eigenvalue weighted by molar-refractivity contribution is 5.76. The van der Waals surface area contributed by atoms with Gasteiger partial charge < -0.3 is 20.2 Å². The molecule has 3 N–H and O–H groups in total. The van der Waals surface area contributed by atoms with E-state index in [1.807, 2.05) is 18.3 Å². The number of hydrogen-bond donors (Lipinski definition) is 3. The number of anilines is 1. The summed E-state index contributed by atoms with van der Waals surface area (Å²) in [6.45, 7) is 3.58. The molecule has 0 unspecified atom stereocenters. The van der Waals surface area contributed by atoms with E-state index in [9.17, 15) is 36.2 Å². The minimum Gasteiger partial charge on any atom is -0.481 e. The summed E-state index contributed by atoms with van der Waals surface area (Å²) in [4.78, 5) is 47.3. The molecule has 0 radical (unpaired) electrons. The first kappa shape index (κ1) is 32.2. The third-order valence-electron chi connectivity index (χ3n) is 6.13. The van der Waals surface area contributed by atoms with Gasteiger partial charge in [0, 0.05) is 63.4 Å². The van der Waals surface area contributed by atoms with Crippen LogP contribution >= 0.6 is 0 Å². The van der Waals surface area contributed by atoms with Crippen molar-refractivity contribution in [1.82, 2.24) is 19.9 Å². The Morgan fingerprint density at radius 2 is 1.50 bits per heavy atom. The standard InChI is InChI=1S/C19H23N5O2.2C2HF3O2/c25-17(26)19-5-2-9-24(18-21-7-3-8-22-18)13-16(19)12-23(14-19)11-15-4-1-6-20-10-15;2*3-2(4,5)1(6)7/h1,3-4,6-8,10,16H,2,5,9,11-14H2,(H,25,26);2*(H,6,7)/t16-,19+;;/m1../s1. The monoisotopic (exact) mass is 581 g/mol. The number of carbonyl (C=O) groups is 3. The summed E-state index contributed by atoms with van der Waals surface area (Å²) in [7, 11) is 0. The topological polar surface area (TPSA) is 157 Å². The number of nitrogens with zero attached hydrogens (tertiary/aromatic N) is 5. The van der Waals surface area contributed by atoms with Crippen molar-refractivity contribution in [3.63, 3.8) is 0 Å². The van der Waals surface area contributed by atoms with Gasteiger partial charge >= 0.3 is 30.3 Å². The molecular formula is C23H25F6N5O6. The zero-order valence-electron chi connectivity index (χ0n) is 20.6. The lowest BCUT2D eigenvalue weighted by molar-refractivity contribution is -0.193. The van der Waals surface area contributed by atoms with Crippen molar-refractivity contribution in [1.29, 1.82) is 0 Å². The smallest absolute Gasteiger partial charge is 0.481 e. The number of alkyl halides is 6. The number of aliphatic carboxylic acids is 3. The van der Waals surface area contributed by atoms with Crippen LogP contribution in [0, 0.1) is 11.3 Å². The summed E-state index contributed by atoms with van der Waals surface area (Å²) in [5.41, 5.74) is 0.430. The first-order valence-corrected chi connectivity index (χ1v) is 11.5. The molecule has 2 saturated heterocycles. The molecule has 0 aromatic carbocycles. The van der Waals surface area contributed by atoms with Crippen LogP contribution in [0.5, 0.6) is 0 Å². The molecule has 4 heterocycles. The van der Waals surface area contributed by atoms with Crippen LogP contribution in [0.4, 0.5) is 32.3 Å². The van der Waals surface area contributed by atoms with E-state index in [0.717, 1.165) is 31.6 Å². The quantitative estimate of drug-likeness (QED) is 0.456. The van der Waals surface area contributed by atoms with Crippen LogP contribution in [0.1, 0.15) is 18.4 Å². The van der Waals surface area contributed by atoms with Crippen molar-refractivity contribution >= 4 is 23.9 Å². The maximum Gasteiger partial charge on any atom is 0.490 e. The molecule has 17 heteroatoms. The molecule has 0 amide bonds. The normalized spacial score (nSPS) is 21.1. The number of carboxylic acids is 3. The van der Waals surface area contributed by atoms with Gasteiger partial charge in [0.15, 0.2) is 0 Å². The van der Waals surface area contributed by atoms with Crippen molar-refractivity contribution in [2.45, 2.75) is 31.7 Å². The summed E-state index contributed by atoms with van der Waals surface area (Å²) >= 11 is 0. The second-order valence-electron chi connectivity index (χ2n) is 8.89. The Kier molecular flexibility index (Phi) is 10.8. The molecule has 2 fully saturated rings. The van der Waals surface area contributed by atoms with Crippen LogP contribution in [0.3, 0.4) is 0 Å². The average Bonchev–Trinajstić information content (AvgIpc) is 3.11. The number of fused-ring (bicyclic) bond motifs is 1. The number of likely N-dealkylation sites (tertiary alicyclic amines) is 1. The van der Waals surface area contributed by atoms with Gasteiger partial charge in [0.05, 0.1) is 5.41 Å². The van der Waals surface area contributed by atoms with Crippen molar-refractivity contribution in [3.05, 3.63) is 48.5 Å². The van der Waals surface area contributed by atoms with Crippen molar-refractivity contribution in [2.24, 2.45) is 11.3 Å². The van der Waals surface area contributed by atoms with Gasteiger partial charge in [0.2, 0.25) is 5.95 Å². The van der Waals surface area contributed by atoms with E-state index in [1.165, 1.54) is 0 Å². The van der Waals surface area contributed by atoms with Crippen LogP contribution in [-0.2, 0) is 20.9 Å². The van der Waals surface area contributed by atoms with Crippen molar-refractivity contribution < 1.29 is 56.0 Å². The summed E-state index contributed by atoms with van der Waals surface area (Å²) < 4.78 is 63.5. The largest absolute Gasteiger partial charge is 0.490 e. The van der Waals surface area contributed by atoms with Crippen molar-refractivity contribution in [3.8, 4) is 0 Å². The Morgan fingerprint density at radius 3 is 1.98 bits per heavy atom. The van der Waals surface area contributed by atoms with Gasteiger partial charge in [0.25, 0.3) is 0 Å². The van der Waals surface area contributed by atoms with Crippen LogP contribution in [0.2, 0.25) is 0 Å². The predicted octanol–water partition coefficient (Wildman–Crippen LogP) is 2.94. The van der Waals surface area contributed by atoms with E-state index in [0.29, 0.717) is 25.5 Å². The lowest BCUT2D eigenvalue weighted by Crippen LogP contribution is -2.41. The fraction of sp³-hybridized carbons (Fsp3) is 0.478. The number of carboxylic acid groups (broad SMARTS) is 3. The zero-order valence-corrected chi connectivity index (χ0v) is 20.6. The molecule has 0 aliphatic carbocycles. The zero-order chi connectivity index (χ0) is 30.1. The van der Waals surface area contributed by atoms with Crippen LogP contribution < -0.4 is 4.90 Å². The molecular weight excluding hydrogens is 556 g/mol. The molecule has 2 aliphatic rings. The van der Waals surface area contributed by atoms with E-state index in [1.54, 1.807) is 24.7 Å². The molecule has 2 aliphatic heterocycles. The van der Waals surface area contributed by atoms with Crippen LogP contribution in [0.15, 0.2) is 43.0 Å². The number of aromatic nitrogens is 3. The van der Waals surface area contributed by atoms with E-state index < -0.39 is 35.7 Å². The molecule has 0 bridgehead atoms. The molecule has 2 aromatic rings. The highest BCUT2D eigenvalue weighted by Crippen LogP contribution is 2.43. The molecule has 2 atom stereocenters. The molecule has 0 saturated carbocycles. The number of halogens is 6. The second kappa shape index (κ2) is 13.4. The van der Waals surface area contributed by atoms with Gasteiger partial charge in [-0.25, -0.2) is 19.6 Å². The van der Waals surface area contributed by atoms with E-state index in [2.05, 4.69) is 24.8 Å². The van der Waals surface area contributed by atoms with Gasteiger partial charge in [-0.1, -0.05) is 6.07 Å². The highest BCUT2D eigenvalue weighted by Gasteiger charge is 2.53. The highest BCUT2D eigenvalue weighted by atomic mass is 19.4. The third-order valence-corrected chi connectivity index (χ3v) is 6.13. The molecule has 11 nitrogen and oxygen atoms in total. The van der Waals surface area contributed by atoms with Crippen LogP contribution in [-0.4, -0.2) is 91.6 Å². The van der Waals surface area contributed by atoms with Crippen LogP contribution in [0.25, 0.3) is 0 Å². The second-order valence-corrected chi connectivity index (χ2v) is 8.89. The van der Waals surface area contributed by atoms with Gasteiger partial charge in [0.1, 0.15) is 0 Å². The average molecular weight is 581 g/mol. The summed E-state index contributed by atoms with van der Waals surface area (Å²) in [6, 6.07) is 5.76. The van der Waals surface area contributed by atoms with Gasteiger partial charge in [-0.2, -0.15) is 26.3 Å². The fourth-order valence-corrected chi connectivity index (χ4v) is 4.39. The van der Waals surface area contributed by atoms with Crippen molar-refractivity contribution in [2.75, 3.05) is 31.1 Å². The molecule has 2 aromatic heterocycles. The van der Waals surface area contributed by atoms with E-state index in [-0.39, 0.29) is 5.92 Å². The number of pyridine rings is 1. The van der Waals surface area contributed by atoms with Gasteiger partial charge in [-0.05, 0) is 30.5 Å². The number of rotatable bonds is 4. The Balaban J connectivity index is 0.000000333. The number of hydrogen-bond acceptors (Lipinski definition) is 8. The summed E-state index contributed by atoms with van der Waals surface area (Å²) in [6.07, 6.45) is -1.55. The third kappa shape index (κ3) is 9.03. The molecule has 40 heavy (non-hydrogen) atoms. The maximum atomic E-state index is 12.3. The summed E-state index contributed by atoms with van der Waals surface area (Å²) in [5, 5.41) is 24.3. The SMILES string of the molecule is O=C(O)C(F)(F)F.O=C(O)C(F)(F)F.O=C(O)[C@]12CCCN(c3ncccn3)C[C@H]1CN(Cc1cccnc1)C2. The minimum atomic E-state index is -5.08. The predicted molar refractivity (Wildman–Crippen MR) is 124 cm³/mol. The lowest BCUT2D eigenvalue weighted by Gasteiger charge is -2.29. The Bertz CT molecular complexity index is 1110. The first-order valence-electron chi connectivity index (χ1n) is 11.5. The first-order chi connectivity index (χ1) is 18.6. The maximum absolute atomic E-state index is 12.3. The Labute approximate surface area is 223 Å². The fourth-order valence-electron chi connectivity index (χ4n) is 4.39. The lowest BCUT2D eigenvalue weighted by atomic mass is 9.75. The molecule has 0 spiro atoms. The molecule has 220 valence electrons. The van der Waals surface area contributed by atoms with Gasteiger partial charge in [-0.15, -0.1) is 0 Å². The van der Waals surface area contributed by atoms with E-state index in [4.69, 9.17) is 19.8 Å². The Hall–Kier alpha value is -4.02. The molecule has 4 rings (SSSR count).